The third-order valence-corrected chi connectivity index (χ3v) is 2.40. The molecule has 0 aromatic carbocycles. The number of nitrogen functional groups attached to an aromatic ring is 1. The topological polar surface area (TPSA) is 66.0 Å². The van der Waals surface area contributed by atoms with Crippen LogP contribution in [0.4, 0.5) is 19.0 Å². The third kappa shape index (κ3) is 3.90. The van der Waals surface area contributed by atoms with E-state index in [-0.39, 0.29) is 12.4 Å². The minimum absolute atomic E-state index is 0.212. The summed E-state index contributed by atoms with van der Waals surface area (Å²) in [6, 6.07) is 3.25. The molecule has 7 heteroatoms. The van der Waals surface area contributed by atoms with Crippen LogP contribution in [0.1, 0.15) is 17.7 Å². The number of hydrogen-bond donors (Lipinski definition) is 2. The fourth-order valence-corrected chi connectivity index (χ4v) is 1.44. The Balaban J connectivity index is 2.93. The van der Waals surface area contributed by atoms with E-state index in [1.54, 1.807) is 19.1 Å². The SMILES string of the molecule is Cc1ccc(C(=N)N)c(N(C)CCC(F)(F)F)n1. The largest absolute Gasteiger partial charge is 0.390 e. The minimum Gasteiger partial charge on any atom is -0.384 e. The summed E-state index contributed by atoms with van der Waals surface area (Å²) >= 11 is 0. The highest BCUT2D eigenvalue weighted by Crippen LogP contribution is 2.22. The zero-order valence-corrected chi connectivity index (χ0v) is 10.2. The molecule has 0 amide bonds. The summed E-state index contributed by atoms with van der Waals surface area (Å²) in [5.74, 6) is 0.0862. The Morgan fingerprint density at radius 3 is 2.56 bits per heavy atom. The van der Waals surface area contributed by atoms with E-state index < -0.39 is 12.6 Å². The van der Waals surface area contributed by atoms with Gasteiger partial charge in [0.1, 0.15) is 11.7 Å². The number of nitrogens with one attached hydrogen (secondary N) is 1. The molecule has 0 bridgehead atoms. The molecular formula is C11H15F3N4. The highest BCUT2D eigenvalue weighted by atomic mass is 19.4. The van der Waals surface area contributed by atoms with E-state index in [1.165, 1.54) is 11.9 Å². The second kappa shape index (κ2) is 5.24. The van der Waals surface area contributed by atoms with Gasteiger partial charge in [0.15, 0.2) is 0 Å². The van der Waals surface area contributed by atoms with E-state index in [0.29, 0.717) is 17.1 Å². The molecule has 0 aliphatic rings. The molecule has 0 spiro atoms. The predicted octanol–water partition coefficient (Wildman–Crippen LogP) is 2.06. The van der Waals surface area contributed by atoms with E-state index in [9.17, 15) is 13.2 Å². The van der Waals surface area contributed by atoms with E-state index in [2.05, 4.69) is 4.98 Å². The van der Waals surface area contributed by atoms with Crippen molar-refractivity contribution in [2.24, 2.45) is 5.73 Å². The van der Waals surface area contributed by atoms with E-state index in [0.717, 1.165) is 0 Å². The van der Waals surface area contributed by atoms with Gasteiger partial charge in [-0.2, -0.15) is 13.2 Å². The van der Waals surface area contributed by atoms with E-state index in [4.69, 9.17) is 11.1 Å². The molecule has 0 saturated carbocycles. The minimum atomic E-state index is -4.21. The molecule has 0 aliphatic carbocycles. The normalized spacial score (nSPS) is 11.4. The van der Waals surface area contributed by atoms with Crippen LogP contribution in [-0.2, 0) is 0 Å². The van der Waals surface area contributed by atoms with Crippen molar-refractivity contribution in [3.05, 3.63) is 23.4 Å². The van der Waals surface area contributed by atoms with Crippen LogP contribution in [0.2, 0.25) is 0 Å². The van der Waals surface area contributed by atoms with Gasteiger partial charge in [0.25, 0.3) is 0 Å². The maximum absolute atomic E-state index is 12.2. The maximum atomic E-state index is 12.2. The second-order valence-electron chi connectivity index (χ2n) is 4.02. The van der Waals surface area contributed by atoms with Crippen molar-refractivity contribution >= 4 is 11.7 Å². The van der Waals surface area contributed by atoms with Crippen LogP contribution in [0, 0.1) is 12.3 Å². The number of alkyl halides is 3. The summed E-state index contributed by atoms with van der Waals surface area (Å²) in [5.41, 5.74) is 6.38. The number of pyridine rings is 1. The number of hydrogen-bond acceptors (Lipinski definition) is 3. The van der Waals surface area contributed by atoms with Gasteiger partial charge in [-0.1, -0.05) is 0 Å². The lowest BCUT2D eigenvalue weighted by Crippen LogP contribution is -2.27. The molecule has 0 fully saturated rings. The summed E-state index contributed by atoms with van der Waals surface area (Å²) in [6.45, 7) is 1.51. The molecular weight excluding hydrogens is 245 g/mol. The van der Waals surface area contributed by atoms with Crippen LogP contribution in [0.25, 0.3) is 0 Å². The first-order valence-corrected chi connectivity index (χ1v) is 5.30. The van der Waals surface area contributed by atoms with Crippen molar-refractivity contribution in [2.75, 3.05) is 18.5 Å². The van der Waals surface area contributed by atoms with Crippen LogP contribution >= 0.6 is 0 Å². The van der Waals surface area contributed by atoms with Crippen molar-refractivity contribution in [1.82, 2.24) is 4.98 Å². The monoisotopic (exact) mass is 260 g/mol. The molecule has 4 nitrogen and oxygen atoms in total. The van der Waals surface area contributed by atoms with Crippen molar-refractivity contribution in [3.63, 3.8) is 0 Å². The quantitative estimate of drug-likeness (QED) is 0.643. The first kappa shape index (κ1) is 14.3. The Kier molecular flexibility index (Phi) is 4.15. The highest BCUT2D eigenvalue weighted by Gasteiger charge is 2.27. The Morgan fingerprint density at radius 2 is 2.06 bits per heavy atom. The van der Waals surface area contributed by atoms with Gasteiger partial charge in [-0.3, -0.25) is 5.41 Å². The number of rotatable bonds is 4. The lowest BCUT2D eigenvalue weighted by atomic mass is 10.2. The van der Waals surface area contributed by atoms with Crippen LogP contribution < -0.4 is 10.6 Å². The maximum Gasteiger partial charge on any atom is 0.390 e. The Bertz CT molecular complexity index is 442. The lowest BCUT2D eigenvalue weighted by Gasteiger charge is -2.21. The van der Waals surface area contributed by atoms with Gasteiger partial charge in [-0.25, -0.2) is 4.98 Å². The molecule has 0 radical (unpaired) electrons. The molecule has 100 valence electrons. The van der Waals surface area contributed by atoms with Crippen LogP contribution in [0.5, 0.6) is 0 Å². The summed E-state index contributed by atoms with van der Waals surface area (Å²) < 4.78 is 36.5. The fourth-order valence-electron chi connectivity index (χ4n) is 1.44. The lowest BCUT2D eigenvalue weighted by molar-refractivity contribution is -0.132. The molecule has 0 unspecified atom stereocenters. The number of anilines is 1. The van der Waals surface area contributed by atoms with Crippen molar-refractivity contribution < 1.29 is 13.2 Å². The van der Waals surface area contributed by atoms with Crippen molar-refractivity contribution in [3.8, 4) is 0 Å². The first-order chi connectivity index (χ1) is 8.20. The molecule has 1 heterocycles. The van der Waals surface area contributed by atoms with E-state index >= 15 is 0 Å². The standard InChI is InChI=1S/C11H15F3N4/c1-7-3-4-8(9(15)16)10(17-7)18(2)6-5-11(12,13)14/h3-4H,5-6H2,1-2H3,(H3,15,16). The number of aryl methyl sites for hydroxylation is 1. The number of halogens is 3. The van der Waals surface area contributed by atoms with Gasteiger partial charge < -0.3 is 10.6 Å². The molecule has 1 rings (SSSR count). The summed E-state index contributed by atoms with van der Waals surface area (Å²) in [7, 11) is 1.50. The number of nitrogens with zero attached hydrogens (tertiary/aromatic N) is 2. The zero-order chi connectivity index (χ0) is 13.9. The van der Waals surface area contributed by atoms with Crippen molar-refractivity contribution in [1.29, 1.82) is 5.41 Å². The first-order valence-electron chi connectivity index (χ1n) is 5.30. The van der Waals surface area contributed by atoms with Crippen LogP contribution in [0.15, 0.2) is 12.1 Å². The molecule has 1 aromatic heterocycles. The van der Waals surface area contributed by atoms with Crippen LogP contribution in [-0.4, -0.2) is 30.6 Å². The Hall–Kier alpha value is -1.79. The van der Waals surface area contributed by atoms with Gasteiger partial charge in [-0.05, 0) is 19.1 Å². The smallest absolute Gasteiger partial charge is 0.384 e. The van der Waals surface area contributed by atoms with Crippen molar-refractivity contribution in [2.45, 2.75) is 19.5 Å². The van der Waals surface area contributed by atoms with Gasteiger partial charge >= 0.3 is 6.18 Å². The average molecular weight is 260 g/mol. The van der Waals surface area contributed by atoms with Gasteiger partial charge in [-0.15, -0.1) is 0 Å². The third-order valence-electron chi connectivity index (χ3n) is 2.40. The van der Waals surface area contributed by atoms with Gasteiger partial charge in [0.05, 0.1) is 12.0 Å². The highest BCUT2D eigenvalue weighted by molar-refractivity contribution is 5.99. The summed E-state index contributed by atoms with van der Waals surface area (Å²) in [4.78, 5) is 5.49. The van der Waals surface area contributed by atoms with E-state index in [1.807, 2.05) is 0 Å². The van der Waals surface area contributed by atoms with Gasteiger partial charge in [0.2, 0.25) is 0 Å². The predicted molar refractivity (Wildman–Crippen MR) is 63.9 cm³/mol. The Labute approximate surface area is 103 Å². The molecule has 18 heavy (non-hydrogen) atoms. The summed E-state index contributed by atoms with van der Waals surface area (Å²) in [5, 5.41) is 7.38. The fraction of sp³-hybridized carbons (Fsp3) is 0.455. The molecule has 3 N–H and O–H groups in total. The second-order valence-corrected chi connectivity index (χ2v) is 4.02. The van der Waals surface area contributed by atoms with Crippen LogP contribution in [0.3, 0.4) is 0 Å². The zero-order valence-electron chi connectivity index (χ0n) is 10.2. The summed E-state index contributed by atoms with van der Waals surface area (Å²) in [6.07, 6.45) is -5.15. The molecule has 0 atom stereocenters. The molecule has 1 aromatic rings. The van der Waals surface area contributed by atoms with Gasteiger partial charge in [0, 0.05) is 19.3 Å². The molecule has 0 saturated heterocycles. The molecule has 0 aliphatic heterocycles. The Morgan fingerprint density at radius 1 is 1.44 bits per heavy atom. The number of nitrogens with two attached hydrogens (primary N) is 1. The number of aromatic nitrogens is 1. The average Bonchev–Trinajstić information content (AvgIpc) is 2.24. The number of amidine groups is 1.